The summed E-state index contributed by atoms with van der Waals surface area (Å²) in [6.45, 7) is 7.18. The van der Waals surface area contributed by atoms with Crippen molar-refractivity contribution >= 4 is 53.9 Å². The molecule has 0 fully saturated rings. The largest absolute Gasteiger partial charge is 0.463 e. The van der Waals surface area contributed by atoms with Gasteiger partial charge >= 0.3 is 24.0 Å². The maximum absolute atomic E-state index is 14.6. The molecule has 390 valence electrons. The lowest BCUT2D eigenvalue weighted by atomic mass is 9.91. The zero-order valence-electron chi connectivity index (χ0n) is 42.1. The van der Waals surface area contributed by atoms with E-state index in [4.69, 9.17) is 9.47 Å². The second-order valence-electron chi connectivity index (χ2n) is 18.2. The molecule has 0 aliphatic carbocycles. The molecule has 12 nitrogen and oxygen atoms in total. The number of carbonyl (C=O) groups is 4. The molecule has 4 aromatic rings. The van der Waals surface area contributed by atoms with Gasteiger partial charge in [0.2, 0.25) is 0 Å². The Bertz CT molecular complexity index is 2630. The van der Waals surface area contributed by atoms with Gasteiger partial charge in [0.25, 0.3) is 11.3 Å². The molecule has 18 heteroatoms. The van der Waals surface area contributed by atoms with E-state index in [1.54, 1.807) is 98.2 Å². The molecule has 2 aliphatic rings. The molecule has 4 unspecified atom stereocenters. The first-order chi connectivity index (χ1) is 35.4. The zero-order valence-corrected chi connectivity index (χ0v) is 44.4. The van der Waals surface area contributed by atoms with Crippen LogP contribution in [0.2, 0.25) is 0 Å². The summed E-state index contributed by atoms with van der Waals surface area (Å²) in [5.41, 5.74) is -3.92. The smallest absolute Gasteiger partial charge is 0.338 e. The van der Waals surface area contributed by atoms with Crippen molar-refractivity contribution in [3.05, 3.63) is 153 Å². The number of amides is 4. The summed E-state index contributed by atoms with van der Waals surface area (Å²) >= 11 is 0. The number of hydrogen-bond donors (Lipinski definition) is 0. The van der Waals surface area contributed by atoms with E-state index in [0.717, 1.165) is 51.4 Å². The highest BCUT2D eigenvalue weighted by Crippen LogP contribution is 2.44. The number of hydrogen-bond acceptors (Lipinski definition) is 8. The van der Waals surface area contributed by atoms with Crippen LogP contribution < -0.4 is 9.80 Å². The number of carbonyl (C=O) groups excluding carboxylic acids is 4. The number of nitrogens with zero attached hydrogens (tertiary/aromatic N) is 6. The number of alkyl halides is 4. The van der Waals surface area contributed by atoms with Crippen LogP contribution >= 0.6 is 18.5 Å². The highest BCUT2D eigenvalue weighted by molar-refractivity contribution is 7.17. The van der Waals surface area contributed by atoms with Gasteiger partial charge in [-0.15, -0.1) is 0 Å². The Labute approximate surface area is 435 Å². The second-order valence-corrected chi connectivity index (χ2v) is 19.7. The standard InChI is InChI=1S/C56H62F4N6O6P2/c1-5-71-51(67)47-37(3)65(45-21-17-19-43(33-45)55(57,58)73)53(69)63(49(47)41-27-23-39(35-61)24-28-41)31-15-13-11-9-7-8-10-12-14-16-32-64-50(42-29-25-40(36-62)26-30-42)48(52(68)72-6-2)38(4)66(54(64)70)46-22-18-20-44(34-46)56(59,60)74/h17-30,33-34,49-50H,5-16,31-32,73-74H2,1-4H3. The first-order valence-electron chi connectivity index (χ1n) is 24.9. The summed E-state index contributed by atoms with van der Waals surface area (Å²) < 4.78 is 69.1. The molecule has 2 aliphatic heterocycles. The molecule has 2 heterocycles. The fourth-order valence-corrected chi connectivity index (χ4v) is 9.92. The van der Waals surface area contributed by atoms with Gasteiger partial charge in [-0.2, -0.15) is 28.1 Å². The van der Waals surface area contributed by atoms with Crippen molar-refractivity contribution in [1.82, 2.24) is 9.80 Å². The van der Waals surface area contributed by atoms with Crippen LogP contribution in [0.5, 0.6) is 0 Å². The van der Waals surface area contributed by atoms with Crippen LogP contribution in [0.4, 0.5) is 38.5 Å². The fourth-order valence-electron chi connectivity index (χ4n) is 9.56. The molecular formula is C56H62F4N6O6P2. The lowest BCUT2D eigenvalue weighted by Crippen LogP contribution is -2.51. The van der Waals surface area contributed by atoms with E-state index in [1.807, 2.05) is 0 Å². The van der Waals surface area contributed by atoms with Crippen LogP contribution in [0, 0.1) is 22.7 Å². The van der Waals surface area contributed by atoms with Gasteiger partial charge in [0.15, 0.2) is 0 Å². The highest BCUT2D eigenvalue weighted by atomic mass is 31.0. The molecular weight excluding hydrogens is 991 g/mol. The van der Waals surface area contributed by atoms with Gasteiger partial charge in [-0.1, -0.05) is 118 Å². The summed E-state index contributed by atoms with van der Waals surface area (Å²) in [5.74, 6) is -1.29. The minimum absolute atomic E-state index is 0.0682. The molecule has 4 amide bonds. The first-order valence-corrected chi connectivity index (χ1v) is 26.0. The van der Waals surface area contributed by atoms with E-state index in [2.05, 4.69) is 12.1 Å². The van der Waals surface area contributed by atoms with E-state index in [0.29, 0.717) is 35.1 Å². The van der Waals surface area contributed by atoms with Gasteiger partial charge in [-0.3, -0.25) is 9.80 Å². The maximum Gasteiger partial charge on any atom is 0.338 e. The minimum Gasteiger partial charge on any atom is -0.463 e. The van der Waals surface area contributed by atoms with Crippen LogP contribution in [-0.4, -0.2) is 60.1 Å². The Kier molecular flexibility index (Phi) is 19.6. The Morgan fingerprint density at radius 2 is 0.878 bits per heavy atom. The Hall–Kier alpha value is -6.60. The first kappa shape index (κ1) is 56.7. The van der Waals surface area contributed by atoms with E-state index in [1.165, 1.54) is 64.7 Å². The van der Waals surface area contributed by atoms with E-state index in [9.17, 15) is 47.3 Å². The van der Waals surface area contributed by atoms with E-state index >= 15 is 0 Å². The number of benzene rings is 4. The van der Waals surface area contributed by atoms with Crippen molar-refractivity contribution < 1.29 is 46.2 Å². The number of halogens is 4. The third-order valence-corrected chi connectivity index (χ3v) is 13.9. The summed E-state index contributed by atoms with van der Waals surface area (Å²) in [4.78, 5) is 62.5. The van der Waals surface area contributed by atoms with Crippen molar-refractivity contribution in [3.63, 3.8) is 0 Å². The van der Waals surface area contributed by atoms with E-state index < -0.39 is 47.4 Å². The van der Waals surface area contributed by atoms with Crippen molar-refractivity contribution in [2.45, 2.75) is 115 Å². The Morgan fingerprint density at radius 1 is 0.554 bits per heavy atom. The van der Waals surface area contributed by atoms with Crippen molar-refractivity contribution in [1.29, 1.82) is 10.5 Å². The fraction of sp³-hybridized carbons (Fsp3) is 0.393. The zero-order chi connectivity index (χ0) is 53.7. The van der Waals surface area contributed by atoms with Crippen molar-refractivity contribution in [2.24, 2.45) is 0 Å². The normalized spacial score (nSPS) is 16.4. The van der Waals surface area contributed by atoms with Gasteiger partial charge in [-0.05, 0) is 100 Å². The Balaban J connectivity index is 1.08. The van der Waals surface area contributed by atoms with Crippen molar-refractivity contribution in [2.75, 3.05) is 36.1 Å². The SMILES string of the molecule is CCOC(=O)C1=C(C)N(c2cccc(C(F)(F)P)c2)C(=O)N(CCCCCCCCCCCCN2C(=O)N(c3cccc(C(F)(F)P)c3)C(C)=C(C(=O)OCC)C2c2ccc(C#N)cc2)C1c1ccc(C#N)cc1. The summed E-state index contributed by atoms with van der Waals surface area (Å²) in [7, 11) is 3.02. The van der Waals surface area contributed by atoms with Crippen molar-refractivity contribution in [3.8, 4) is 12.1 Å². The highest BCUT2D eigenvalue weighted by Gasteiger charge is 2.45. The third kappa shape index (κ3) is 13.4. The number of unbranched alkanes of at least 4 members (excludes halogenated alkanes) is 9. The third-order valence-electron chi connectivity index (χ3n) is 13.2. The molecule has 0 radical (unpaired) electrons. The minimum atomic E-state index is -3.26. The van der Waals surface area contributed by atoms with Crippen LogP contribution in [0.15, 0.2) is 120 Å². The van der Waals surface area contributed by atoms with Crippen LogP contribution in [0.1, 0.15) is 137 Å². The predicted octanol–water partition coefficient (Wildman–Crippen LogP) is 13.5. The molecule has 0 saturated heterocycles. The Morgan fingerprint density at radius 3 is 1.18 bits per heavy atom. The van der Waals surface area contributed by atoms with Gasteiger partial charge in [0.1, 0.15) is 0 Å². The van der Waals surface area contributed by atoms with Gasteiger partial charge in [0.05, 0.1) is 71.1 Å². The predicted molar refractivity (Wildman–Crippen MR) is 282 cm³/mol. The maximum atomic E-state index is 14.6. The lowest BCUT2D eigenvalue weighted by molar-refractivity contribution is -0.140. The molecule has 6 rings (SSSR count). The van der Waals surface area contributed by atoms with Gasteiger partial charge in [-0.25, -0.2) is 19.2 Å². The molecule has 4 aromatic carbocycles. The number of esters is 2. The average Bonchev–Trinajstić information content (AvgIpc) is 3.37. The quantitative estimate of drug-likeness (QED) is 0.0309. The second kappa shape index (κ2) is 25.6. The van der Waals surface area contributed by atoms with Crippen LogP contribution in [0.25, 0.3) is 0 Å². The summed E-state index contributed by atoms with van der Waals surface area (Å²) in [6, 6.07) is 25.8. The number of allylic oxidation sites excluding steroid dienone is 2. The molecule has 0 bridgehead atoms. The monoisotopic (exact) mass is 1050 g/mol. The molecule has 0 spiro atoms. The molecule has 0 saturated carbocycles. The topological polar surface area (TPSA) is 147 Å². The number of nitriles is 2. The molecule has 74 heavy (non-hydrogen) atoms. The number of ether oxygens (including phenoxy) is 2. The summed E-state index contributed by atoms with van der Waals surface area (Å²) in [6.07, 6.45) is 8.22. The van der Waals surface area contributed by atoms with Gasteiger partial charge < -0.3 is 19.3 Å². The molecule has 0 N–H and O–H groups in total. The lowest BCUT2D eigenvalue weighted by Gasteiger charge is -2.43. The van der Waals surface area contributed by atoms with Crippen LogP contribution in [0.3, 0.4) is 0 Å². The molecule has 0 aromatic heterocycles. The number of anilines is 2. The van der Waals surface area contributed by atoms with E-state index in [-0.39, 0.29) is 71.3 Å². The average molecular weight is 1050 g/mol. The molecule has 4 atom stereocenters. The number of rotatable bonds is 23. The van der Waals surface area contributed by atoms with Crippen LogP contribution in [-0.2, 0) is 30.4 Å². The summed E-state index contributed by atoms with van der Waals surface area (Å²) in [5, 5.41) is 19.0. The van der Waals surface area contributed by atoms with Gasteiger partial charge in [0, 0.05) is 35.6 Å². The number of urea groups is 2.